The summed E-state index contributed by atoms with van der Waals surface area (Å²) in [4.78, 5) is 12.5. The fourth-order valence-corrected chi connectivity index (χ4v) is 3.40. The maximum atomic E-state index is 12.5. The zero-order valence-corrected chi connectivity index (χ0v) is 12.3. The molecule has 3 rings (SSSR count). The van der Waals surface area contributed by atoms with Crippen LogP contribution in [-0.4, -0.2) is 30.3 Å². The van der Waals surface area contributed by atoms with E-state index in [2.05, 4.69) is 5.32 Å². The molecule has 3 atom stereocenters. The lowest BCUT2D eigenvalue weighted by Gasteiger charge is -2.29. The van der Waals surface area contributed by atoms with Crippen LogP contribution in [-0.2, 0) is 4.79 Å². The molecule has 3 unspecified atom stereocenters. The van der Waals surface area contributed by atoms with Gasteiger partial charge in [0.05, 0.1) is 18.6 Å². The first-order valence-electron chi connectivity index (χ1n) is 7.93. The average Bonchev–Trinajstić information content (AvgIpc) is 2.53. The van der Waals surface area contributed by atoms with Crippen LogP contribution >= 0.6 is 0 Å². The molecule has 1 aliphatic heterocycles. The molecule has 1 aliphatic carbocycles. The Morgan fingerprint density at radius 2 is 2.05 bits per heavy atom. The number of hydrogen-bond acceptors (Lipinski definition) is 3. The number of carbonyl (C=O) groups is 1. The van der Waals surface area contributed by atoms with Crippen molar-refractivity contribution in [1.29, 1.82) is 0 Å². The molecule has 1 amide bonds. The minimum absolute atomic E-state index is 0.0588. The van der Waals surface area contributed by atoms with Crippen LogP contribution in [0.1, 0.15) is 43.6 Å². The summed E-state index contributed by atoms with van der Waals surface area (Å²) >= 11 is 0. The molecule has 0 aromatic heterocycles. The quantitative estimate of drug-likeness (QED) is 0.897. The number of hydrogen-bond donors (Lipinski definition) is 2. The van der Waals surface area contributed by atoms with Gasteiger partial charge in [-0.05, 0) is 25.3 Å². The molecule has 2 N–H and O–H groups in total. The second-order valence-corrected chi connectivity index (χ2v) is 6.08. The number of fused-ring (bicyclic) bond motifs is 1. The number of aliphatic hydroxyl groups excluding tert-OH is 1. The summed E-state index contributed by atoms with van der Waals surface area (Å²) in [7, 11) is 0. The molecular weight excluding hydrogens is 266 g/mol. The molecule has 0 radical (unpaired) electrons. The monoisotopic (exact) mass is 289 g/mol. The summed E-state index contributed by atoms with van der Waals surface area (Å²) in [6.45, 7) is 1.17. The summed E-state index contributed by atoms with van der Waals surface area (Å²) in [5, 5.41) is 13.0. The van der Waals surface area contributed by atoms with Gasteiger partial charge in [0, 0.05) is 18.0 Å². The van der Waals surface area contributed by atoms with Gasteiger partial charge in [-0.25, -0.2) is 0 Å². The molecule has 21 heavy (non-hydrogen) atoms. The van der Waals surface area contributed by atoms with Crippen LogP contribution in [0.25, 0.3) is 0 Å². The molecule has 0 bridgehead atoms. The SMILES string of the molecule is O=C(NCC1CCCCC1O)C1CCOc2ccccc21. The molecule has 1 fully saturated rings. The lowest BCUT2D eigenvalue weighted by atomic mass is 9.86. The van der Waals surface area contributed by atoms with Crippen LogP contribution in [0.4, 0.5) is 0 Å². The van der Waals surface area contributed by atoms with E-state index in [9.17, 15) is 9.90 Å². The van der Waals surface area contributed by atoms with Crippen molar-refractivity contribution in [3.05, 3.63) is 29.8 Å². The van der Waals surface area contributed by atoms with Crippen molar-refractivity contribution >= 4 is 5.91 Å². The lowest BCUT2D eigenvalue weighted by molar-refractivity contribution is -0.123. The second-order valence-electron chi connectivity index (χ2n) is 6.08. The van der Waals surface area contributed by atoms with E-state index in [1.54, 1.807) is 0 Å². The maximum Gasteiger partial charge on any atom is 0.227 e. The number of para-hydroxylation sites is 1. The van der Waals surface area contributed by atoms with Crippen LogP contribution in [0, 0.1) is 5.92 Å². The van der Waals surface area contributed by atoms with Crippen molar-refractivity contribution < 1.29 is 14.6 Å². The Hall–Kier alpha value is -1.55. The Balaban J connectivity index is 1.61. The highest BCUT2D eigenvalue weighted by molar-refractivity contribution is 5.84. The van der Waals surface area contributed by atoms with E-state index >= 15 is 0 Å². The van der Waals surface area contributed by atoms with E-state index in [4.69, 9.17) is 4.74 Å². The average molecular weight is 289 g/mol. The van der Waals surface area contributed by atoms with E-state index < -0.39 is 0 Å². The number of benzene rings is 1. The van der Waals surface area contributed by atoms with E-state index in [1.807, 2.05) is 24.3 Å². The molecule has 1 aromatic carbocycles. The Morgan fingerprint density at radius 3 is 2.90 bits per heavy atom. The van der Waals surface area contributed by atoms with Gasteiger partial charge < -0.3 is 15.2 Å². The standard InChI is InChI=1S/C17H23NO3/c19-15-7-3-1-5-12(15)11-18-17(20)14-9-10-21-16-8-4-2-6-13(14)16/h2,4,6,8,12,14-15,19H,1,3,5,7,9-11H2,(H,18,20). The number of rotatable bonds is 3. The Morgan fingerprint density at radius 1 is 1.24 bits per heavy atom. The van der Waals surface area contributed by atoms with Gasteiger partial charge in [0.15, 0.2) is 0 Å². The number of carbonyl (C=O) groups excluding carboxylic acids is 1. The molecule has 1 aromatic rings. The van der Waals surface area contributed by atoms with Gasteiger partial charge in [-0.3, -0.25) is 4.79 Å². The third-order valence-electron chi connectivity index (χ3n) is 4.68. The third kappa shape index (κ3) is 3.21. The first-order valence-corrected chi connectivity index (χ1v) is 7.93. The molecule has 4 heteroatoms. The molecule has 0 spiro atoms. The number of nitrogens with one attached hydrogen (secondary N) is 1. The van der Waals surface area contributed by atoms with Gasteiger partial charge in [-0.15, -0.1) is 0 Å². The van der Waals surface area contributed by atoms with Crippen LogP contribution in [0.2, 0.25) is 0 Å². The van der Waals surface area contributed by atoms with Crippen LogP contribution in [0.5, 0.6) is 5.75 Å². The Labute approximate surface area is 125 Å². The summed E-state index contributed by atoms with van der Waals surface area (Å²) in [6, 6.07) is 7.75. The van der Waals surface area contributed by atoms with Crippen LogP contribution < -0.4 is 10.1 Å². The zero-order chi connectivity index (χ0) is 14.7. The molecule has 1 saturated carbocycles. The molecule has 4 nitrogen and oxygen atoms in total. The highest BCUT2D eigenvalue weighted by atomic mass is 16.5. The Bertz CT molecular complexity index is 503. The van der Waals surface area contributed by atoms with Crippen LogP contribution in [0.15, 0.2) is 24.3 Å². The highest BCUT2D eigenvalue weighted by Crippen LogP contribution is 2.33. The minimum Gasteiger partial charge on any atom is -0.493 e. The number of aliphatic hydroxyl groups is 1. The fourth-order valence-electron chi connectivity index (χ4n) is 3.40. The summed E-state index contributed by atoms with van der Waals surface area (Å²) in [5.74, 6) is 0.957. The van der Waals surface area contributed by atoms with Crippen molar-refractivity contribution in [1.82, 2.24) is 5.32 Å². The first-order chi connectivity index (χ1) is 10.3. The van der Waals surface area contributed by atoms with Crippen molar-refractivity contribution in [3.8, 4) is 5.75 Å². The summed E-state index contributed by atoms with van der Waals surface area (Å²) < 4.78 is 5.60. The smallest absolute Gasteiger partial charge is 0.227 e. The van der Waals surface area contributed by atoms with Gasteiger partial charge >= 0.3 is 0 Å². The molecule has 0 saturated heterocycles. The maximum absolute atomic E-state index is 12.5. The fraction of sp³-hybridized carbons (Fsp3) is 0.588. The van der Waals surface area contributed by atoms with E-state index in [0.29, 0.717) is 13.2 Å². The predicted octanol–water partition coefficient (Wildman–Crippen LogP) is 2.22. The van der Waals surface area contributed by atoms with E-state index in [0.717, 1.165) is 43.4 Å². The van der Waals surface area contributed by atoms with Gasteiger partial charge in [0.2, 0.25) is 5.91 Å². The van der Waals surface area contributed by atoms with E-state index in [1.165, 1.54) is 0 Å². The third-order valence-corrected chi connectivity index (χ3v) is 4.68. The topological polar surface area (TPSA) is 58.6 Å². The van der Waals surface area contributed by atoms with Gasteiger partial charge in [-0.2, -0.15) is 0 Å². The van der Waals surface area contributed by atoms with Crippen molar-refractivity contribution in [2.24, 2.45) is 5.92 Å². The highest BCUT2D eigenvalue weighted by Gasteiger charge is 2.29. The zero-order valence-electron chi connectivity index (χ0n) is 12.3. The Kier molecular flexibility index (Phi) is 4.44. The van der Waals surface area contributed by atoms with Gasteiger partial charge in [0.1, 0.15) is 5.75 Å². The summed E-state index contributed by atoms with van der Waals surface area (Å²) in [6.07, 6.45) is 4.57. The van der Waals surface area contributed by atoms with Gasteiger partial charge in [-0.1, -0.05) is 31.0 Å². The largest absolute Gasteiger partial charge is 0.493 e. The number of amides is 1. The minimum atomic E-state index is -0.263. The molecular formula is C17H23NO3. The normalized spacial score (nSPS) is 28.3. The van der Waals surface area contributed by atoms with Crippen molar-refractivity contribution in [2.45, 2.75) is 44.1 Å². The van der Waals surface area contributed by atoms with E-state index in [-0.39, 0.29) is 23.8 Å². The predicted molar refractivity (Wildman–Crippen MR) is 80.3 cm³/mol. The molecule has 114 valence electrons. The van der Waals surface area contributed by atoms with Crippen LogP contribution in [0.3, 0.4) is 0 Å². The lowest BCUT2D eigenvalue weighted by Crippen LogP contribution is -2.39. The van der Waals surface area contributed by atoms with Crippen molar-refractivity contribution in [3.63, 3.8) is 0 Å². The van der Waals surface area contributed by atoms with Crippen molar-refractivity contribution in [2.75, 3.05) is 13.2 Å². The molecule has 2 aliphatic rings. The molecule has 1 heterocycles. The van der Waals surface area contributed by atoms with Gasteiger partial charge in [0.25, 0.3) is 0 Å². The first kappa shape index (κ1) is 14.4. The summed E-state index contributed by atoms with van der Waals surface area (Å²) in [5.41, 5.74) is 0.977. The number of ether oxygens (including phenoxy) is 1. The second kappa shape index (κ2) is 6.48.